The summed E-state index contributed by atoms with van der Waals surface area (Å²) in [4.78, 5) is 0. The number of unbranched alkanes of at least 4 members (excludes halogenated alkanes) is 1. The van der Waals surface area contributed by atoms with Crippen LogP contribution >= 0.6 is 0 Å². The van der Waals surface area contributed by atoms with Crippen LogP contribution in [0.4, 0.5) is 17.6 Å². The van der Waals surface area contributed by atoms with Gasteiger partial charge in [0.25, 0.3) is 0 Å². The SMILES string of the molecule is CCCCOc1ccc(-c2ccc(COc3ccc(C4CCC(OCCC)CC4)c(F)c3F)cc2)c(F)c1F. The Morgan fingerprint density at radius 3 is 2.03 bits per heavy atom. The Balaban J connectivity index is 1.37. The average Bonchev–Trinajstić information content (AvgIpc) is 2.96. The second kappa shape index (κ2) is 13.8. The molecule has 3 aromatic rings. The highest BCUT2D eigenvalue weighted by Crippen LogP contribution is 2.38. The predicted molar refractivity (Wildman–Crippen MR) is 144 cm³/mol. The molecule has 0 bridgehead atoms. The van der Waals surface area contributed by atoms with Gasteiger partial charge in [-0.2, -0.15) is 8.78 Å². The Kier molecular flexibility index (Phi) is 10.3. The van der Waals surface area contributed by atoms with Crippen LogP contribution < -0.4 is 9.47 Å². The van der Waals surface area contributed by atoms with E-state index in [0.29, 0.717) is 23.3 Å². The molecule has 0 aromatic heterocycles. The molecule has 0 aliphatic heterocycles. The highest BCUT2D eigenvalue weighted by Gasteiger charge is 2.27. The standard InChI is InChI=1S/C32H36F4O3/c1-3-5-19-38-27-16-14-25(29(33)31(27)35)22-8-6-21(7-9-22)20-39-28-17-15-26(30(34)32(28)36)23-10-12-24(13-11-23)37-18-4-2/h6-9,14-17,23-24H,3-5,10-13,18-20H2,1-2H3. The maximum Gasteiger partial charge on any atom is 0.201 e. The minimum atomic E-state index is -1.02. The largest absolute Gasteiger partial charge is 0.490 e. The van der Waals surface area contributed by atoms with E-state index >= 15 is 0 Å². The van der Waals surface area contributed by atoms with E-state index in [2.05, 4.69) is 6.92 Å². The molecule has 0 spiro atoms. The molecule has 0 heterocycles. The summed E-state index contributed by atoms with van der Waals surface area (Å²) in [5.41, 5.74) is 1.65. The van der Waals surface area contributed by atoms with Crippen molar-refractivity contribution in [2.75, 3.05) is 13.2 Å². The van der Waals surface area contributed by atoms with Crippen LogP contribution in [0.15, 0.2) is 48.5 Å². The zero-order chi connectivity index (χ0) is 27.8. The number of rotatable bonds is 12. The molecular weight excluding hydrogens is 508 g/mol. The molecule has 0 N–H and O–H groups in total. The molecule has 1 fully saturated rings. The van der Waals surface area contributed by atoms with Gasteiger partial charge in [0, 0.05) is 12.2 Å². The summed E-state index contributed by atoms with van der Waals surface area (Å²) in [6.45, 7) is 5.10. The third-order valence-electron chi connectivity index (χ3n) is 7.21. The molecule has 3 aromatic carbocycles. The van der Waals surface area contributed by atoms with E-state index in [0.717, 1.165) is 51.6 Å². The molecule has 0 amide bonds. The summed E-state index contributed by atoms with van der Waals surface area (Å²) >= 11 is 0. The van der Waals surface area contributed by atoms with E-state index in [1.54, 1.807) is 30.3 Å². The maximum absolute atomic E-state index is 14.9. The quantitative estimate of drug-likeness (QED) is 0.168. The molecule has 0 radical (unpaired) electrons. The second-order valence-corrected chi connectivity index (χ2v) is 10.1. The third kappa shape index (κ3) is 7.13. The van der Waals surface area contributed by atoms with E-state index in [-0.39, 0.29) is 35.7 Å². The van der Waals surface area contributed by atoms with Gasteiger partial charge in [0.1, 0.15) is 6.61 Å². The zero-order valence-electron chi connectivity index (χ0n) is 22.6. The van der Waals surface area contributed by atoms with Gasteiger partial charge in [0.05, 0.1) is 12.7 Å². The second-order valence-electron chi connectivity index (χ2n) is 10.1. The smallest absolute Gasteiger partial charge is 0.201 e. The third-order valence-corrected chi connectivity index (χ3v) is 7.21. The van der Waals surface area contributed by atoms with E-state index in [9.17, 15) is 17.6 Å². The van der Waals surface area contributed by atoms with E-state index < -0.39 is 23.3 Å². The van der Waals surface area contributed by atoms with E-state index in [1.807, 2.05) is 6.92 Å². The van der Waals surface area contributed by atoms with Gasteiger partial charge in [-0.05, 0) is 79.3 Å². The lowest BCUT2D eigenvalue weighted by atomic mass is 9.82. The first kappa shape index (κ1) is 28.9. The Labute approximate surface area is 228 Å². The van der Waals surface area contributed by atoms with Crippen molar-refractivity contribution in [2.45, 2.75) is 77.4 Å². The predicted octanol–water partition coefficient (Wildman–Crippen LogP) is 9.12. The number of ether oxygens (including phenoxy) is 3. The Bertz CT molecular complexity index is 1220. The van der Waals surface area contributed by atoms with Crippen LogP contribution in [0.2, 0.25) is 0 Å². The highest BCUT2D eigenvalue weighted by molar-refractivity contribution is 5.65. The monoisotopic (exact) mass is 544 g/mol. The molecular formula is C32H36F4O3. The lowest BCUT2D eigenvalue weighted by Gasteiger charge is -2.29. The fraction of sp³-hybridized carbons (Fsp3) is 0.438. The first-order valence-corrected chi connectivity index (χ1v) is 13.8. The molecule has 210 valence electrons. The van der Waals surface area contributed by atoms with Crippen molar-refractivity contribution in [2.24, 2.45) is 0 Å². The molecule has 1 saturated carbocycles. The summed E-state index contributed by atoms with van der Waals surface area (Å²) < 4.78 is 75.6. The number of hydrogen-bond acceptors (Lipinski definition) is 3. The summed E-state index contributed by atoms with van der Waals surface area (Å²) in [5, 5.41) is 0. The number of halogens is 4. The lowest BCUT2D eigenvalue weighted by Crippen LogP contribution is -2.21. The van der Waals surface area contributed by atoms with Crippen LogP contribution in [0.1, 0.15) is 75.8 Å². The van der Waals surface area contributed by atoms with Crippen LogP contribution in [0.25, 0.3) is 11.1 Å². The fourth-order valence-corrected chi connectivity index (χ4v) is 4.93. The van der Waals surface area contributed by atoms with Crippen molar-refractivity contribution in [3.63, 3.8) is 0 Å². The van der Waals surface area contributed by atoms with Crippen molar-refractivity contribution in [3.05, 3.63) is 82.9 Å². The average molecular weight is 545 g/mol. The first-order valence-electron chi connectivity index (χ1n) is 13.8. The minimum absolute atomic E-state index is 0.00306. The molecule has 0 atom stereocenters. The summed E-state index contributed by atoms with van der Waals surface area (Å²) in [6, 6.07) is 12.6. The van der Waals surface area contributed by atoms with Gasteiger partial charge < -0.3 is 14.2 Å². The molecule has 7 heteroatoms. The first-order chi connectivity index (χ1) is 18.9. The Morgan fingerprint density at radius 2 is 1.33 bits per heavy atom. The van der Waals surface area contributed by atoms with Gasteiger partial charge in [0.15, 0.2) is 23.1 Å². The van der Waals surface area contributed by atoms with Crippen molar-refractivity contribution < 1.29 is 31.8 Å². The van der Waals surface area contributed by atoms with Crippen LogP contribution in [-0.4, -0.2) is 19.3 Å². The van der Waals surface area contributed by atoms with Gasteiger partial charge in [-0.25, -0.2) is 8.78 Å². The van der Waals surface area contributed by atoms with E-state index in [4.69, 9.17) is 14.2 Å². The highest BCUT2D eigenvalue weighted by atomic mass is 19.2. The van der Waals surface area contributed by atoms with Crippen molar-refractivity contribution in [1.29, 1.82) is 0 Å². The molecule has 3 nitrogen and oxygen atoms in total. The normalized spacial score (nSPS) is 17.3. The molecule has 1 aliphatic rings. The maximum atomic E-state index is 14.9. The molecule has 4 rings (SSSR count). The molecule has 0 saturated heterocycles. The lowest BCUT2D eigenvalue weighted by molar-refractivity contribution is 0.0248. The van der Waals surface area contributed by atoms with Gasteiger partial charge in [-0.15, -0.1) is 0 Å². The van der Waals surface area contributed by atoms with Crippen molar-refractivity contribution in [3.8, 4) is 22.6 Å². The fourth-order valence-electron chi connectivity index (χ4n) is 4.93. The Hall–Kier alpha value is -3.06. The van der Waals surface area contributed by atoms with Gasteiger partial charge >= 0.3 is 0 Å². The zero-order valence-corrected chi connectivity index (χ0v) is 22.6. The summed E-state index contributed by atoms with van der Waals surface area (Å²) in [5.74, 6) is -4.16. The number of benzene rings is 3. The van der Waals surface area contributed by atoms with Gasteiger partial charge in [-0.3, -0.25) is 0 Å². The van der Waals surface area contributed by atoms with Crippen LogP contribution in [0.3, 0.4) is 0 Å². The van der Waals surface area contributed by atoms with Gasteiger partial charge in [0.2, 0.25) is 11.6 Å². The van der Waals surface area contributed by atoms with Crippen molar-refractivity contribution in [1.82, 2.24) is 0 Å². The Morgan fingerprint density at radius 1 is 0.667 bits per heavy atom. The summed E-state index contributed by atoms with van der Waals surface area (Å²) in [6.07, 6.45) is 6.01. The summed E-state index contributed by atoms with van der Waals surface area (Å²) in [7, 11) is 0. The minimum Gasteiger partial charge on any atom is -0.490 e. The van der Waals surface area contributed by atoms with Crippen LogP contribution in [-0.2, 0) is 11.3 Å². The molecule has 39 heavy (non-hydrogen) atoms. The van der Waals surface area contributed by atoms with E-state index in [1.165, 1.54) is 18.2 Å². The van der Waals surface area contributed by atoms with Crippen LogP contribution in [0, 0.1) is 23.3 Å². The van der Waals surface area contributed by atoms with Crippen LogP contribution in [0.5, 0.6) is 11.5 Å². The molecule has 0 unspecified atom stereocenters. The number of hydrogen-bond donors (Lipinski definition) is 0. The van der Waals surface area contributed by atoms with Crippen molar-refractivity contribution >= 4 is 0 Å². The van der Waals surface area contributed by atoms with Gasteiger partial charge in [-0.1, -0.05) is 50.6 Å². The topological polar surface area (TPSA) is 27.7 Å². The molecule has 1 aliphatic carbocycles.